The van der Waals surface area contributed by atoms with Crippen molar-refractivity contribution in [1.82, 2.24) is 0 Å². The van der Waals surface area contributed by atoms with Crippen molar-refractivity contribution < 1.29 is 23.5 Å². The Labute approximate surface area is 145 Å². The van der Waals surface area contributed by atoms with Crippen LogP contribution in [0.2, 0.25) is 0 Å². The quantitative estimate of drug-likeness (QED) is 0.811. The maximum atomic E-state index is 12.9. The zero-order valence-electron chi connectivity index (χ0n) is 14.3. The van der Waals surface area contributed by atoms with E-state index in [9.17, 15) is 14.0 Å². The van der Waals surface area contributed by atoms with Crippen LogP contribution in [-0.4, -0.2) is 24.6 Å². The Hall–Kier alpha value is -2.89. The second-order valence-corrected chi connectivity index (χ2v) is 5.45. The Morgan fingerprint density at radius 3 is 2.44 bits per heavy atom. The third kappa shape index (κ3) is 5.04. The van der Waals surface area contributed by atoms with E-state index in [1.807, 2.05) is 0 Å². The predicted octanol–water partition coefficient (Wildman–Crippen LogP) is 3.72. The molecule has 0 aliphatic carbocycles. The molecule has 0 radical (unpaired) electrons. The molecule has 0 saturated heterocycles. The molecule has 1 N–H and O–H groups in total. The Morgan fingerprint density at radius 2 is 1.84 bits per heavy atom. The molecule has 0 aliphatic rings. The highest BCUT2D eigenvalue weighted by Gasteiger charge is 2.16. The van der Waals surface area contributed by atoms with Crippen LogP contribution in [0.5, 0.6) is 5.75 Å². The SMILES string of the molecule is CCOC(=O)c1ccc(NC(=O)[C@@H](C)Oc2ccc(F)cc2)c(C)c1. The molecule has 2 aromatic carbocycles. The topological polar surface area (TPSA) is 64.6 Å². The molecular formula is C19H20FNO4. The molecule has 2 aromatic rings. The van der Waals surface area contributed by atoms with Crippen molar-refractivity contribution in [2.45, 2.75) is 26.9 Å². The number of hydrogen-bond acceptors (Lipinski definition) is 4. The predicted molar refractivity (Wildman–Crippen MR) is 92.3 cm³/mol. The Bertz CT molecular complexity index is 759. The summed E-state index contributed by atoms with van der Waals surface area (Å²) in [6.07, 6.45) is -0.769. The Balaban J connectivity index is 2.01. The van der Waals surface area contributed by atoms with Gasteiger partial charge in [-0.05, 0) is 68.8 Å². The summed E-state index contributed by atoms with van der Waals surface area (Å²) in [6.45, 7) is 5.42. The maximum absolute atomic E-state index is 12.9. The highest BCUT2D eigenvalue weighted by Crippen LogP contribution is 2.19. The van der Waals surface area contributed by atoms with Crippen LogP contribution in [0.15, 0.2) is 42.5 Å². The molecule has 0 bridgehead atoms. The number of amides is 1. The number of aryl methyl sites for hydroxylation is 1. The molecule has 0 heterocycles. The molecule has 5 nitrogen and oxygen atoms in total. The molecule has 0 fully saturated rings. The number of carbonyl (C=O) groups is 2. The first-order valence-electron chi connectivity index (χ1n) is 7.91. The number of rotatable bonds is 6. The lowest BCUT2D eigenvalue weighted by Crippen LogP contribution is -2.30. The summed E-state index contributed by atoms with van der Waals surface area (Å²) in [5.74, 6) is -0.729. The van der Waals surface area contributed by atoms with Crippen LogP contribution in [-0.2, 0) is 9.53 Å². The Kier molecular flexibility index (Phi) is 6.11. The molecule has 1 atom stereocenters. The number of ether oxygens (including phenoxy) is 2. The van der Waals surface area contributed by atoms with Gasteiger partial charge < -0.3 is 14.8 Å². The first kappa shape index (κ1) is 18.4. The summed E-state index contributed by atoms with van der Waals surface area (Å²) < 4.78 is 23.3. The summed E-state index contributed by atoms with van der Waals surface area (Å²) in [5.41, 5.74) is 1.73. The number of hydrogen-bond donors (Lipinski definition) is 1. The van der Waals surface area contributed by atoms with Gasteiger partial charge in [-0.1, -0.05) is 0 Å². The van der Waals surface area contributed by atoms with E-state index in [1.165, 1.54) is 24.3 Å². The van der Waals surface area contributed by atoms with Gasteiger partial charge in [-0.2, -0.15) is 0 Å². The lowest BCUT2D eigenvalue weighted by Gasteiger charge is -2.16. The number of nitrogens with one attached hydrogen (secondary N) is 1. The molecule has 6 heteroatoms. The maximum Gasteiger partial charge on any atom is 0.338 e. The van der Waals surface area contributed by atoms with Crippen LogP contribution in [0.1, 0.15) is 29.8 Å². The van der Waals surface area contributed by atoms with Crippen molar-refractivity contribution in [3.8, 4) is 5.75 Å². The number of anilines is 1. The number of esters is 1. The zero-order valence-corrected chi connectivity index (χ0v) is 14.3. The van der Waals surface area contributed by atoms with Gasteiger partial charge in [0.2, 0.25) is 0 Å². The minimum atomic E-state index is -0.769. The van der Waals surface area contributed by atoms with Crippen LogP contribution in [0.4, 0.5) is 10.1 Å². The molecule has 0 aromatic heterocycles. The van der Waals surface area contributed by atoms with Crippen molar-refractivity contribution >= 4 is 17.6 Å². The van der Waals surface area contributed by atoms with Gasteiger partial charge in [0, 0.05) is 5.69 Å². The van der Waals surface area contributed by atoms with Gasteiger partial charge in [-0.3, -0.25) is 4.79 Å². The first-order chi connectivity index (χ1) is 11.9. The van der Waals surface area contributed by atoms with E-state index in [-0.39, 0.29) is 11.7 Å². The number of carbonyl (C=O) groups excluding carboxylic acids is 2. The fraction of sp³-hybridized carbons (Fsp3) is 0.263. The normalized spacial score (nSPS) is 11.5. The van der Waals surface area contributed by atoms with Crippen molar-refractivity contribution in [2.24, 2.45) is 0 Å². The molecular weight excluding hydrogens is 325 g/mol. The van der Waals surface area contributed by atoms with Crippen LogP contribution in [0.25, 0.3) is 0 Å². The van der Waals surface area contributed by atoms with Crippen LogP contribution in [0.3, 0.4) is 0 Å². The fourth-order valence-corrected chi connectivity index (χ4v) is 2.15. The summed E-state index contributed by atoms with van der Waals surface area (Å²) >= 11 is 0. The first-order valence-corrected chi connectivity index (χ1v) is 7.91. The third-order valence-electron chi connectivity index (χ3n) is 3.49. The second-order valence-electron chi connectivity index (χ2n) is 5.45. The summed E-state index contributed by atoms with van der Waals surface area (Å²) in [4.78, 5) is 24.0. The van der Waals surface area contributed by atoms with Gasteiger partial charge >= 0.3 is 5.97 Å². The van der Waals surface area contributed by atoms with Gasteiger partial charge in [0.15, 0.2) is 6.10 Å². The average Bonchev–Trinajstić information content (AvgIpc) is 2.58. The monoisotopic (exact) mass is 345 g/mol. The van der Waals surface area contributed by atoms with Gasteiger partial charge in [0.25, 0.3) is 5.91 Å². The highest BCUT2D eigenvalue weighted by molar-refractivity contribution is 5.96. The minimum Gasteiger partial charge on any atom is -0.481 e. The van der Waals surface area contributed by atoms with Crippen molar-refractivity contribution in [3.05, 3.63) is 59.4 Å². The summed E-state index contributed by atoms with van der Waals surface area (Å²) in [7, 11) is 0. The highest BCUT2D eigenvalue weighted by atomic mass is 19.1. The molecule has 0 saturated carbocycles. The molecule has 0 aliphatic heterocycles. The van der Waals surface area contributed by atoms with E-state index in [1.54, 1.807) is 39.0 Å². The van der Waals surface area contributed by atoms with Crippen molar-refractivity contribution in [1.29, 1.82) is 0 Å². The number of halogens is 1. The summed E-state index contributed by atoms with van der Waals surface area (Å²) in [5, 5.41) is 2.75. The fourth-order valence-electron chi connectivity index (χ4n) is 2.15. The van der Waals surface area contributed by atoms with Crippen LogP contribution >= 0.6 is 0 Å². The van der Waals surface area contributed by atoms with E-state index in [4.69, 9.17) is 9.47 Å². The van der Waals surface area contributed by atoms with E-state index in [0.29, 0.717) is 23.6 Å². The van der Waals surface area contributed by atoms with Gasteiger partial charge in [-0.25, -0.2) is 9.18 Å². The summed E-state index contributed by atoms with van der Waals surface area (Å²) in [6, 6.07) is 10.3. The second kappa shape index (κ2) is 8.28. The van der Waals surface area contributed by atoms with Gasteiger partial charge in [-0.15, -0.1) is 0 Å². The zero-order chi connectivity index (χ0) is 18.4. The van der Waals surface area contributed by atoms with E-state index >= 15 is 0 Å². The smallest absolute Gasteiger partial charge is 0.338 e. The van der Waals surface area contributed by atoms with Gasteiger partial charge in [0.1, 0.15) is 11.6 Å². The minimum absolute atomic E-state index is 0.300. The molecule has 0 spiro atoms. The van der Waals surface area contributed by atoms with Crippen LogP contribution in [0, 0.1) is 12.7 Å². The Morgan fingerprint density at radius 1 is 1.16 bits per heavy atom. The third-order valence-corrected chi connectivity index (χ3v) is 3.49. The lowest BCUT2D eigenvalue weighted by molar-refractivity contribution is -0.122. The van der Waals surface area contributed by atoms with Gasteiger partial charge in [0.05, 0.1) is 12.2 Å². The molecule has 1 amide bonds. The lowest BCUT2D eigenvalue weighted by atomic mass is 10.1. The van der Waals surface area contributed by atoms with Crippen LogP contribution < -0.4 is 10.1 Å². The standard InChI is InChI=1S/C19H20FNO4/c1-4-24-19(23)14-5-10-17(12(2)11-14)21-18(22)13(3)25-16-8-6-15(20)7-9-16/h5-11,13H,4H2,1-3H3,(H,21,22)/t13-/m1/s1. The molecule has 0 unspecified atom stereocenters. The van der Waals surface area contributed by atoms with E-state index in [0.717, 1.165) is 5.56 Å². The van der Waals surface area contributed by atoms with Crippen molar-refractivity contribution in [2.75, 3.05) is 11.9 Å². The molecule has 25 heavy (non-hydrogen) atoms. The average molecular weight is 345 g/mol. The molecule has 2 rings (SSSR count). The van der Waals surface area contributed by atoms with Crippen molar-refractivity contribution in [3.63, 3.8) is 0 Å². The molecule has 132 valence electrons. The van der Waals surface area contributed by atoms with E-state index in [2.05, 4.69) is 5.32 Å². The number of benzene rings is 2. The van der Waals surface area contributed by atoms with E-state index < -0.39 is 12.1 Å². The largest absolute Gasteiger partial charge is 0.481 e.